The maximum atomic E-state index is 12.3. The van der Waals surface area contributed by atoms with Gasteiger partial charge in [-0.15, -0.1) is 4.40 Å². The van der Waals surface area contributed by atoms with Crippen molar-refractivity contribution in [2.24, 2.45) is 4.40 Å². The first-order valence-electron chi connectivity index (χ1n) is 9.68. The van der Waals surface area contributed by atoms with Gasteiger partial charge in [-0.1, -0.05) is 30.3 Å². The Morgan fingerprint density at radius 3 is 2.59 bits per heavy atom. The summed E-state index contributed by atoms with van der Waals surface area (Å²) in [7, 11) is -3.48. The number of hydrogen-bond acceptors (Lipinski definition) is 7. The largest absolute Gasteiger partial charge is 0.455 e. The minimum atomic E-state index is -3.48. The Bertz CT molecular complexity index is 1240. The first-order chi connectivity index (χ1) is 15.4. The lowest BCUT2D eigenvalue weighted by molar-refractivity contribution is -0.143. The van der Waals surface area contributed by atoms with Gasteiger partial charge in [0.2, 0.25) is 0 Å². The number of sulfonamides is 1. The van der Waals surface area contributed by atoms with Crippen molar-refractivity contribution in [3.63, 3.8) is 0 Å². The number of carbonyl (C=O) groups excluding carboxylic acids is 2. The molecule has 0 aromatic heterocycles. The quantitative estimate of drug-likeness (QED) is 0.668. The highest BCUT2D eigenvalue weighted by Gasteiger charge is 2.25. The second-order valence-corrected chi connectivity index (χ2v) is 8.64. The van der Waals surface area contributed by atoms with E-state index in [1.54, 1.807) is 41.3 Å². The Morgan fingerprint density at radius 2 is 1.78 bits per heavy atom. The van der Waals surface area contributed by atoms with Crippen LogP contribution >= 0.6 is 0 Å². The summed E-state index contributed by atoms with van der Waals surface area (Å²) in [5, 5.41) is 2.67. The predicted octanol–water partition coefficient (Wildman–Crippen LogP) is 2.46. The molecule has 0 saturated heterocycles. The van der Waals surface area contributed by atoms with E-state index < -0.39 is 28.5 Å². The van der Waals surface area contributed by atoms with E-state index in [2.05, 4.69) is 9.71 Å². The van der Waals surface area contributed by atoms with E-state index in [1.807, 2.05) is 18.2 Å². The smallest absolute Gasteiger partial charge is 0.340 e. The molecule has 9 nitrogen and oxygen atoms in total. The maximum absolute atomic E-state index is 12.3. The molecule has 0 spiro atoms. The molecule has 0 fully saturated rings. The van der Waals surface area contributed by atoms with Gasteiger partial charge in [0.15, 0.2) is 12.4 Å². The number of para-hydroxylation sites is 3. The molecule has 4 rings (SSSR count). The van der Waals surface area contributed by atoms with Crippen LogP contribution in [-0.2, 0) is 24.3 Å². The van der Waals surface area contributed by atoms with E-state index in [0.717, 1.165) is 0 Å². The maximum Gasteiger partial charge on any atom is 0.340 e. The van der Waals surface area contributed by atoms with Crippen molar-refractivity contribution < 1.29 is 27.5 Å². The van der Waals surface area contributed by atoms with Crippen molar-refractivity contribution in [1.29, 1.82) is 0 Å². The van der Waals surface area contributed by atoms with Gasteiger partial charge >= 0.3 is 5.97 Å². The highest BCUT2D eigenvalue weighted by Crippen LogP contribution is 2.29. The Morgan fingerprint density at radius 1 is 1.03 bits per heavy atom. The van der Waals surface area contributed by atoms with Gasteiger partial charge in [0.05, 0.1) is 17.0 Å². The highest BCUT2D eigenvalue weighted by molar-refractivity contribution is 7.90. The normalized spacial score (nSPS) is 16.3. The summed E-state index contributed by atoms with van der Waals surface area (Å²) in [6.07, 6.45) is 4.28. The third kappa shape index (κ3) is 5.22. The Labute approximate surface area is 184 Å². The molecule has 2 heterocycles. The zero-order valence-electron chi connectivity index (χ0n) is 16.8. The van der Waals surface area contributed by atoms with E-state index in [-0.39, 0.29) is 23.7 Å². The second-order valence-electron chi connectivity index (χ2n) is 6.88. The van der Waals surface area contributed by atoms with Crippen LogP contribution in [0.2, 0.25) is 0 Å². The number of fused-ring (bicyclic) bond motifs is 1. The average Bonchev–Trinajstić information content (AvgIpc) is 2.78. The van der Waals surface area contributed by atoms with Crippen molar-refractivity contribution in [1.82, 2.24) is 4.90 Å². The average molecular weight is 453 g/mol. The van der Waals surface area contributed by atoms with Crippen molar-refractivity contribution in [3.8, 4) is 11.5 Å². The molecule has 2 aromatic rings. The zero-order chi connectivity index (χ0) is 22.6. The van der Waals surface area contributed by atoms with Gasteiger partial charge in [-0.05, 0) is 36.4 Å². The molecule has 0 saturated carbocycles. The molecule has 0 atom stereocenters. The second kappa shape index (κ2) is 9.06. The van der Waals surface area contributed by atoms with Crippen molar-refractivity contribution in [2.45, 2.75) is 0 Å². The van der Waals surface area contributed by atoms with Crippen LogP contribution in [0.1, 0.15) is 0 Å². The van der Waals surface area contributed by atoms with E-state index >= 15 is 0 Å². The molecule has 2 aliphatic rings. The summed E-state index contributed by atoms with van der Waals surface area (Å²) in [5.41, 5.74) is 0.619. The first kappa shape index (κ1) is 21.3. The fourth-order valence-electron chi connectivity index (χ4n) is 3.00. The lowest BCUT2D eigenvalue weighted by Gasteiger charge is -2.26. The van der Waals surface area contributed by atoms with Crippen LogP contribution in [0.5, 0.6) is 11.5 Å². The molecule has 0 bridgehead atoms. The Kier molecular flexibility index (Phi) is 6.04. The van der Waals surface area contributed by atoms with Crippen LogP contribution in [0.4, 0.5) is 5.69 Å². The van der Waals surface area contributed by atoms with E-state index in [1.165, 1.54) is 18.4 Å². The van der Waals surface area contributed by atoms with Crippen molar-refractivity contribution in [2.75, 3.05) is 24.2 Å². The number of nitrogens with zero attached hydrogens (tertiary/aromatic N) is 2. The number of hydrogen-bond donors (Lipinski definition) is 1. The van der Waals surface area contributed by atoms with Crippen molar-refractivity contribution in [3.05, 3.63) is 78.5 Å². The van der Waals surface area contributed by atoms with Gasteiger partial charge in [0, 0.05) is 12.7 Å². The predicted molar refractivity (Wildman–Crippen MR) is 118 cm³/mol. The molecular formula is C22H19N3O6S. The van der Waals surface area contributed by atoms with Gasteiger partial charge in [0.25, 0.3) is 15.9 Å². The fraction of sp³-hybridized carbons (Fsp3) is 0.136. The first-order valence-corrected chi connectivity index (χ1v) is 11.3. The molecule has 164 valence electrons. The van der Waals surface area contributed by atoms with Crippen LogP contribution in [0.3, 0.4) is 0 Å². The van der Waals surface area contributed by atoms with Gasteiger partial charge < -0.3 is 19.7 Å². The third-order valence-corrected chi connectivity index (χ3v) is 5.69. The fourth-order valence-corrected chi connectivity index (χ4v) is 3.97. The lowest BCUT2D eigenvalue weighted by atomic mass is 10.2. The molecule has 0 aliphatic carbocycles. The summed E-state index contributed by atoms with van der Waals surface area (Å²) in [5.74, 6) is -0.0866. The summed E-state index contributed by atoms with van der Waals surface area (Å²) >= 11 is 0. The molecule has 32 heavy (non-hydrogen) atoms. The number of carbonyl (C=O) groups is 2. The molecule has 1 N–H and O–H groups in total. The number of amidine groups is 1. The zero-order valence-corrected chi connectivity index (χ0v) is 17.6. The van der Waals surface area contributed by atoms with Gasteiger partial charge in [-0.25, -0.2) is 13.2 Å². The summed E-state index contributed by atoms with van der Waals surface area (Å²) < 4.78 is 37.7. The SMILES string of the molecule is O=C(COC(=O)C1=CN2CCS(=O)(=O)N=C2C=C1)Nc1ccccc1Oc1ccccc1. The van der Waals surface area contributed by atoms with Crippen LogP contribution in [0.15, 0.2) is 82.9 Å². The number of esters is 1. The number of amides is 1. The van der Waals surface area contributed by atoms with E-state index in [0.29, 0.717) is 17.2 Å². The lowest BCUT2D eigenvalue weighted by Crippen LogP contribution is -2.37. The van der Waals surface area contributed by atoms with E-state index in [9.17, 15) is 18.0 Å². The highest BCUT2D eigenvalue weighted by atomic mass is 32.2. The van der Waals surface area contributed by atoms with Crippen LogP contribution in [0, 0.1) is 0 Å². The molecular weight excluding hydrogens is 434 g/mol. The van der Waals surface area contributed by atoms with Gasteiger partial charge in [-0.2, -0.15) is 0 Å². The van der Waals surface area contributed by atoms with Crippen LogP contribution in [0.25, 0.3) is 0 Å². The minimum absolute atomic E-state index is 0.143. The molecule has 10 heteroatoms. The van der Waals surface area contributed by atoms with E-state index in [4.69, 9.17) is 9.47 Å². The Balaban J connectivity index is 1.35. The number of anilines is 1. The summed E-state index contributed by atoms with van der Waals surface area (Å²) in [4.78, 5) is 26.2. The molecule has 2 aromatic carbocycles. The minimum Gasteiger partial charge on any atom is -0.455 e. The summed E-state index contributed by atoms with van der Waals surface area (Å²) in [6, 6.07) is 16.0. The number of benzene rings is 2. The third-order valence-electron chi connectivity index (χ3n) is 4.53. The Hall–Kier alpha value is -3.92. The topological polar surface area (TPSA) is 114 Å². The monoisotopic (exact) mass is 453 g/mol. The number of rotatable bonds is 6. The standard InChI is InChI=1S/C22H19N3O6S/c26-21(23-18-8-4-5-9-19(18)31-17-6-2-1-3-7-17)15-30-22(27)16-10-11-20-24-32(28,29)13-12-25(20)14-16/h1-11,14H,12-13,15H2,(H,23,26). The molecule has 0 radical (unpaired) electrons. The number of ether oxygens (including phenoxy) is 2. The molecule has 2 aliphatic heterocycles. The van der Waals surface area contributed by atoms with Crippen LogP contribution in [-0.4, -0.2) is 49.9 Å². The van der Waals surface area contributed by atoms with Gasteiger partial charge in [0.1, 0.15) is 11.6 Å². The molecule has 1 amide bonds. The van der Waals surface area contributed by atoms with Gasteiger partial charge in [-0.3, -0.25) is 4.79 Å². The summed E-state index contributed by atoms with van der Waals surface area (Å²) in [6.45, 7) is -0.319. The number of nitrogens with one attached hydrogen (secondary N) is 1. The van der Waals surface area contributed by atoms with Crippen molar-refractivity contribution >= 4 is 33.4 Å². The van der Waals surface area contributed by atoms with Crippen LogP contribution < -0.4 is 10.1 Å². The molecule has 0 unspecified atom stereocenters.